The first-order valence-corrected chi connectivity index (χ1v) is 12.1. The van der Waals surface area contributed by atoms with Gasteiger partial charge in [0.25, 0.3) is 0 Å². The average molecular weight is 540 g/mol. The second-order valence-corrected chi connectivity index (χ2v) is 8.88. The zero-order valence-electron chi connectivity index (χ0n) is 21.1. The van der Waals surface area contributed by atoms with Gasteiger partial charge in [0.1, 0.15) is 23.9 Å². The monoisotopic (exact) mass is 539 g/mol. The van der Waals surface area contributed by atoms with Crippen LogP contribution in [0.2, 0.25) is 0 Å². The molecule has 212 valence electrons. The van der Waals surface area contributed by atoms with E-state index in [1.54, 1.807) is 0 Å². The highest BCUT2D eigenvalue weighted by Gasteiger charge is 2.33. The highest BCUT2D eigenvalue weighted by molar-refractivity contribution is 5.94. The minimum absolute atomic E-state index is 0.0254. The summed E-state index contributed by atoms with van der Waals surface area (Å²) in [5.74, 6) is -5.31. The van der Waals surface area contributed by atoms with Crippen LogP contribution in [0.3, 0.4) is 0 Å². The summed E-state index contributed by atoms with van der Waals surface area (Å²) in [7, 11) is 0. The third-order valence-corrected chi connectivity index (χ3v) is 5.64. The first kappa shape index (κ1) is 32.3. The number of phenols is 1. The number of amides is 3. The number of carboxylic acid groups (broad SMARTS) is 2. The van der Waals surface area contributed by atoms with Crippen molar-refractivity contribution in [2.45, 2.75) is 75.7 Å². The largest absolute Gasteiger partial charge is 0.508 e. The van der Waals surface area contributed by atoms with Gasteiger partial charge in [-0.3, -0.25) is 19.2 Å². The number of aliphatic hydroxyl groups is 1. The molecule has 14 nitrogen and oxygen atoms in total. The Labute approximate surface area is 219 Å². The molecule has 1 rings (SSSR count). The number of unbranched alkanes of at least 4 members (excludes halogenated alkanes) is 1. The van der Waals surface area contributed by atoms with E-state index in [1.807, 2.05) is 0 Å². The van der Waals surface area contributed by atoms with Crippen molar-refractivity contribution in [3.05, 3.63) is 29.8 Å². The van der Waals surface area contributed by atoms with E-state index in [9.17, 15) is 39.3 Å². The molecule has 0 spiro atoms. The maximum Gasteiger partial charge on any atom is 0.326 e. The number of aromatic hydroxyl groups is 1. The summed E-state index contributed by atoms with van der Waals surface area (Å²) in [5.41, 5.74) is 11.8. The van der Waals surface area contributed by atoms with Gasteiger partial charge in [-0.15, -0.1) is 0 Å². The Balaban J connectivity index is 2.96. The van der Waals surface area contributed by atoms with Crippen LogP contribution in [-0.2, 0) is 30.4 Å². The van der Waals surface area contributed by atoms with Crippen molar-refractivity contribution < 1.29 is 44.4 Å². The molecule has 14 heteroatoms. The van der Waals surface area contributed by atoms with Crippen LogP contribution >= 0.6 is 0 Å². The third kappa shape index (κ3) is 11.5. The molecule has 38 heavy (non-hydrogen) atoms. The van der Waals surface area contributed by atoms with Crippen LogP contribution in [0.1, 0.15) is 44.6 Å². The lowest BCUT2D eigenvalue weighted by atomic mass is 10.0. The maximum atomic E-state index is 12.9. The van der Waals surface area contributed by atoms with Crippen molar-refractivity contribution in [2.75, 3.05) is 6.54 Å². The Morgan fingerprint density at radius 1 is 0.868 bits per heavy atom. The number of carbonyl (C=O) groups excluding carboxylic acids is 3. The third-order valence-electron chi connectivity index (χ3n) is 5.64. The Morgan fingerprint density at radius 3 is 2.00 bits per heavy atom. The molecule has 1 aromatic rings. The van der Waals surface area contributed by atoms with E-state index in [0.29, 0.717) is 24.9 Å². The van der Waals surface area contributed by atoms with Gasteiger partial charge in [0.05, 0.1) is 12.1 Å². The van der Waals surface area contributed by atoms with Gasteiger partial charge in [-0.05, 0) is 50.4 Å². The molecule has 0 aromatic heterocycles. The van der Waals surface area contributed by atoms with E-state index in [-0.39, 0.29) is 25.0 Å². The number of aliphatic hydroxyl groups excluding tert-OH is 1. The number of nitrogens with one attached hydrogen (secondary N) is 3. The van der Waals surface area contributed by atoms with Gasteiger partial charge < -0.3 is 47.8 Å². The minimum Gasteiger partial charge on any atom is -0.508 e. The lowest BCUT2D eigenvalue weighted by molar-refractivity contribution is -0.143. The zero-order chi connectivity index (χ0) is 28.8. The van der Waals surface area contributed by atoms with E-state index in [0.717, 1.165) is 0 Å². The summed E-state index contributed by atoms with van der Waals surface area (Å²) in [6, 6.07) is 0.235. The van der Waals surface area contributed by atoms with Crippen LogP contribution in [0, 0.1) is 0 Å². The molecule has 0 aliphatic heterocycles. The standard InChI is InChI=1S/C24H37N5O9/c1-13(30)20(23(36)28-18(24(37)38)12-14-5-7-15(31)8-6-14)29-22(35)17(9-10-19(32)33)27-21(34)16(26)4-2-3-11-25/h5-8,13,16-18,20,30-31H,2-4,9-12,25-26H2,1H3,(H,27,34)(H,28,36)(H,29,35)(H,32,33)(H,37,38). The smallest absolute Gasteiger partial charge is 0.326 e. The fraction of sp³-hybridized carbons (Fsp3) is 0.542. The molecule has 0 bridgehead atoms. The minimum atomic E-state index is -1.62. The first-order valence-electron chi connectivity index (χ1n) is 12.1. The van der Waals surface area contributed by atoms with Gasteiger partial charge >= 0.3 is 11.9 Å². The average Bonchev–Trinajstić information content (AvgIpc) is 2.85. The van der Waals surface area contributed by atoms with Gasteiger partial charge in [0, 0.05) is 12.8 Å². The van der Waals surface area contributed by atoms with Crippen molar-refractivity contribution in [1.82, 2.24) is 16.0 Å². The first-order chi connectivity index (χ1) is 17.8. The van der Waals surface area contributed by atoms with E-state index in [2.05, 4.69) is 16.0 Å². The van der Waals surface area contributed by atoms with Crippen molar-refractivity contribution in [2.24, 2.45) is 11.5 Å². The zero-order valence-corrected chi connectivity index (χ0v) is 21.1. The molecule has 11 N–H and O–H groups in total. The molecule has 0 fully saturated rings. The fourth-order valence-electron chi connectivity index (χ4n) is 3.44. The van der Waals surface area contributed by atoms with Crippen LogP contribution in [-0.4, -0.2) is 86.9 Å². The van der Waals surface area contributed by atoms with Gasteiger partial charge in [-0.2, -0.15) is 0 Å². The lowest BCUT2D eigenvalue weighted by Crippen LogP contribution is -2.60. The van der Waals surface area contributed by atoms with Gasteiger partial charge in [0.15, 0.2) is 0 Å². The number of rotatable bonds is 17. The molecule has 0 heterocycles. The van der Waals surface area contributed by atoms with Crippen molar-refractivity contribution in [3.8, 4) is 5.75 Å². The van der Waals surface area contributed by atoms with E-state index in [4.69, 9.17) is 16.6 Å². The fourth-order valence-corrected chi connectivity index (χ4v) is 3.44. The molecular weight excluding hydrogens is 502 g/mol. The Kier molecular flexibility index (Phi) is 13.7. The molecule has 0 aliphatic carbocycles. The van der Waals surface area contributed by atoms with Crippen molar-refractivity contribution in [3.63, 3.8) is 0 Å². The van der Waals surface area contributed by atoms with Crippen LogP contribution < -0.4 is 27.4 Å². The molecule has 3 amide bonds. The van der Waals surface area contributed by atoms with Crippen LogP contribution in [0.4, 0.5) is 0 Å². The Morgan fingerprint density at radius 2 is 1.47 bits per heavy atom. The SMILES string of the molecule is CC(O)C(NC(=O)C(CCC(=O)O)NC(=O)C(N)CCCCN)C(=O)NC(Cc1ccc(O)cc1)C(=O)O. The maximum absolute atomic E-state index is 12.9. The van der Waals surface area contributed by atoms with Gasteiger partial charge in [-0.25, -0.2) is 4.79 Å². The lowest BCUT2D eigenvalue weighted by Gasteiger charge is -2.26. The molecule has 5 unspecified atom stereocenters. The molecular formula is C24H37N5O9. The number of aliphatic carboxylic acids is 2. The van der Waals surface area contributed by atoms with Crippen LogP contribution in [0.5, 0.6) is 5.75 Å². The van der Waals surface area contributed by atoms with Crippen molar-refractivity contribution >= 4 is 29.7 Å². The normalized spacial score (nSPS) is 14.8. The number of benzene rings is 1. The van der Waals surface area contributed by atoms with Crippen molar-refractivity contribution in [1.29, 1.82) is 0 Å². The van der Waals surface area contributed by atoms with Gasteiger partial charge in [0.2, 0.25) is 17.7 Å². The molecule has 5 atom stereocenters. The topological polar surface area (TPSA) is 254 Å². The summed E-state index contributed by atoms with van der Waals surface area (Å²) < 4.78 is 0. The summed E-state index contributed by atoms with van der Waals surface area (Å²) in [6.45, 7) is 1.61. The summed E-state index contributed by atoms with van der Waals surface area (Å²) in [6.07, 6.45) is -0.949. The number of hydrogen-bond donors (Lipinski definition) is 9. The highest BCUT2D eigenvalue weighted by Crippen LogP contribution is 2.12. The predicted octanol–water partition coefficient (Wildman–Crippen LogP) is -1.82. The number of hydrogen-bond acceptors (Lipinski definition) is 9. The molecule has 1 aromatic carbocycles. The molecule has 0 aliphatic rings. The number of nitrogens with two attached hydrogens (primary N) is 2. The molecule has 0 saturated heterocycles. The quantitative estimate of drug-likeness (QED) is 0.0995. The summed E-state index contributed by atoms with van der Waals surface area (Å²) in [4.78, 5) is 61.0. The second kappa shape index (κ2) is 16.2. The Bertz CT molecular complexity index is 955. The number of carbonyl (C=O) groups is 5. The van der Waals surface area contributed by atoms with Crippen LogP contribution in [0.25, 0.3) is 0 Å². The number of phenolic OH excluding ortho intramolecular Hbond substituents is 1. The molecule has 0 saturated carbocycles. The van der Waals surface area contributed by atoms with Gasteiger partial charge in [-0.1, -0.05) is 18.6 Å². The predicted molar refractivity (Wildman–Crippen MR) is 135 cm³/mol. The van der Waals surface area contributed by atoms with Crippen LogP contribution in [0.15, 0.2) is 24.3 Å². The van der Waals surface area contributed by atoms with E-state index >= 15 is 0 Å². The number of carboxylic acids is 2. The summed E-state index contributed by atoms with van der Waals surface area (Å²) >= 11 is 0. The van der Waals surface area contributed by atoms with E-state index < -0.39 is 66.4 Å². The second-order valence-electron chi connectivity index (χ2n) is 8.88. The molecule has 0 radical (unpaired) electrons. The highest BCUT2D eigenvalue weighted by atomic mass is 16.4. The Hall–Kier alpha value is -3.75. The summed E-state index contributed by atoms with van der Waals surface area (Å²) in [5, 5.41) is 45.0. The van der Waals surface area contributed by atoms with E-state index in [1.165, 1.54) is 31.2 Å².